The number of sulfonamides is 1. The van der Waals surface area contributed by atoms with Gasteiger partial charge in [0.15, 0.2) is 4.90 Å². The van der Waals surface area contributed by atoms with E-state index in [1.54, 1.807) is 12.1 Å². The molecule has 0 radical (unpaired) electrons. The predicted octanol–water partition coefficient (Wildman–Crippen LogP) is 3.08. The molecule has 0 bridgehead atoms. The Morgan fingerprint density at radius 1 is 1.15 bits per heavy atom. The summed E-state index contributed by atoms with van der Waals surface area (Å²) < 4.78 is 42.3. The Balaban J connectivity index is 1.29. The Hall–Kier alpha value is -5.09. The second-order valence-corrected chi connectivity index (χ2v) is 13.2. The highest BCUT2D eigenvalue weighted by Gasteiger charge is 2.35. The van der Waals surface area contributed by atoms with Gasteiger partial charge in [-0.25, -0.2) is 17.9 Å². The fraction of sp³-hybridized carbons (Fsp3) is 0.355. The monoisotopic (exact) mass is 663 g/mol. The number of hydrogen-bond acceptors (Lipinski definition) is 12. The number of nitro groups is 1. The molecular formula is C31H33N7O8S. The average Bonchev–Trinajstić information content (AvgIpc) is 3.08. The van der Waals surface area contributed by atoms with Crippen molar-refractivity contribution < 1.29 is 27.6 Å². The first-order chi connectivity index (χ1) is 22.5. The van der Waals surface area contributed by atoms with E-state index in [2.05, 4.69) is 20.0 Å². The van der Waals surface area contributed by atoms with E-state index in [9.17, 15) is 28.1 Å². The molecule has 4 aromatic rings. The highest BCUT2D eigenvalue weighted by atomic mass is 32.2. The van der Waals surface area contributed by atoms with Gasteiger partial charge in [0.25, 0.3) is 11.2 Å². The van der Waals surface area contributed by atoms with Crippen LogP contribution < -0.4 is 30.0 Å². The van der Waals surface area contributed by atoms with Crippen molar-refractivity contribution in [2.75, 3.05) is 30.9 Å². The Bertz CT molecular complexity index is 2010. The minimum Gasteiger partial charge on any atom is -0.495 e. The van der Waals surface area contributed by atoms with Crippen molar-refractivity contribution in [2.45, 2.75) is 49.2 Å². The summed E-state index contributed by atoms with van der Waals surface area (Å²) in [5.74, 6) is 0.633. The zero-order valence-corrected chi connectivity index (χ0v) is 26.5. The Labute approximate surface area is 269 Å². The molecule has 1 aliphatic carbocycles. The van der Waals surface area contributed by atoms with Crippen molar-refractivity contribution in [1.29, 1.82) is 0 Å². The molecule has 2 N–H and O–H groups in total. The number of fused-ring (bicyclic) bond motifs is 2. The zero-order valence-electron chi connectivity index (χ0n) is 25.7. The number of esters is 1. The fourth-order valence-electron chi connectivity index (χ4n) is 6.26. The largest absolute Gasteiger partial charge is 0.495 e. The first-order valence-corrected chi connectivity index (χ1v) is 16.5. The van der Waals surface area contributed by atoms with Crippen LogP contribution in [0.2, 0.25) is 0 Å². The summed E-state index contributed by atoms with van der Waals surface area (Å²) in [6, 6.07) is 12.7. The van der Waals surface area contributed by atoms with Crippen LogP contribution in [0.25, 0.3) is 11.0 Å². The van der Waals surface area contributed by atoms with E-state index in [4.69, 9.17) is 9.47 Å². The van der Waals surface area contributed by atoms with E-state index in [-0.39, 0.29) is 36.5 Å². The summed E-state index contributed by atoms with van der Waals surface area (Å²) in [4.78, 5) is 46.4. The number of hydrogen-bond donors (Lipinski definition) is 2. The molecular weight excluding hydrogens is 630 g/mol. The number of nitro benzene ring substituents is 1. The standard InChI is InChI=1S/C31H33N7O8S/c1-36(28-13-11-23-31(34-28)46-30(40)17-33-23)20-9-7-19(8-10-20)24(35-47(43,44)27-6-4-3-5-25(27)38(41)42)18-37-26-15-21(45-2)16-32-22(26)12-14-29(37)39/h3-6,11-16,19-20,24,33,35H,7-10,17-18H2,1-2H3/t19-,20-,24?. The average molecular weight is 664 g/mol. The van der Waals surface area contributed by atoms with Gasteiger partial charge in [-0.2, -0.15) is 4.98 Å². The molecule has 246 valence electrons. The predicted molar refractivity (Wildman–Crippen MR) is 172 cm³/mol. The van der Waals surface area contributed by atoms with Gasteiger partial charge in [0.2, 0.25) is 15.9 Å². The van der Waals surface area contributed by atoms with Gasteiger partial charge in [0.05, 0.1) is 35.0 Å². The number of carbonyl (C=O) groups excluding carboxylic acids is 1. The third kappa shape index (κ3) is 6.59. The lowest BCUT2D eigenvalue weighted by atomic mass is 9.81. The van der Waals surface area contributed by atoms with Crippen molar-refractivity contribution in [1.82, 2.24) is 19.3 Å². The van der Waals surface area contributed by atoms with Gasteiger partial charge >= 0.3 is 5.97 Å². The van der Waals surface area contributed by atoms with E-state index >= 15 is 0 Å². The van der Waals surface area contributed by atoms with Crippen LogP contribution in [-0.2, 0) is 21.4 Å². The molecule has 2 aliphatic rings. The first-order valence-electron chi connectivity index (χ1n) is 15.0. The summed E-state index contributed by atoms with van der Waals surface area (Å²) in [6.07, 6.45) is 4.04. The maximum atomic E-state index is 13.8. The van der Waals surface area contributed by atoms with E-state index in [1.807, 2.05) is 24.1 Å². The molecule has 1 saturated carbocycles. The van der Waals surface area contributed by atoms with E-state index in [0.29, 0.717) is 54.0 Å². The minimum absolute atomic E-state index is 0.0409. The van der Waals surface area contributed by atoms with Crippen molar-refractivity contribution in [3.8, 4) is 11.6 Å². The molecule has 4 heterocycles. The third-order valence-corrected chi connectivity index (χ3v) is 10.3. The zero-order chi connectivity index (χ0) is 33.3. The van der Waals surface area contributed by atoms with E-state index in [0.717, 1.165) is 6.07 Å². The van der Waals surface area contributed by atoms with Gasteiger partial charge in [-0.3, -0.25) is 19.9 Å². The molecule has 6 rings (SSSR count). The first kappa shape index (κ1) is 31.9. The van der Waals surface area contributed by atoms with Gasteiger partial charge in [-0.1, -0.05) is 12.1 Å². The summed E-state index contributed by atoms with van der Waals surface area (Å²) in [5.41, 5.74) is 0.724. The van der Waals surface area contributed by atoms with E-state index in [1.165, 1.54) is 42.1 Å². The van der Waals surface area contributed by atoms with Crippen LogP contribution in [0.5, 0.6) is 11.6 Å². The molecule has 1 unspecified atom stereocenters. The molecule has 47 heavy (non-hydrogen) atoms. The van der Waals surface area contributed by atoms with Gasteiger partial charge < -0.3 is 24.3 Å². The van der Waals surface area contributed by atoms with Crippen LogP contribution in [0.15, 0.2) is 70.5 Å². The van der Waals surface area contributed by atoms with E-state index < -0.39 is 37.5 Å². The van der Waals surface area contributed by atoms with Crippen LogP contribution in [0.1, 0.15) is 25.7 Å². The van der Waals surface area contributed by atoms with Crippen molar-refractivity contribution >= 4 is 44.2 Å². The molecule has 0 saturated heterocycles. The number of ether oxygens (including phenoxy) is 2. The molecule has 1 aromatic carbocycles. The number of aromatic nitrogens is 3. The summed E-state index contributed by atoms with van der Waals surface area (Å²) in [6.45, 7) is 0.0339. The normalized spacial score (nSPS) is 18.5. The maximum Gasteiger partial charge on any atom is 0.332 e. The van der Waals surface area contributed by atoms with Crippen LogP contribution in [0, 0.1) is 16.0 Å². The fourth-order valence-corrected chi connectivity index (χ4v) is 7.72. The van der Waals surface area contributed by atoms with Gasteiger partial charge in [-0.05, 0) is 55.9 Å². The SMILES string of the molecule is COc1cnc2ccc(=O)n(CC(NS(=O)(=O)c3ccccc3[N+](=O)[O-])[C@H]3CC[C@H](N(C)c4ccc5c(n4)OC(=O)CN5)CC3)c2c1. The van der Waals surface area contributed by atoms with Gasteiger partial charge in [0.1, 0.15) is 18.1 Å². The minimum atomic E-state index is -4.38. The van der Waals surface area contributed by atoms with Crippen LogP contribution >= 0.6 is 0 Å². The lowest BCUT2D eigenvalue weighted by molar-refractivity contribution is -0.387. The summed E-state index contributed by atoms with van der Waals surface area (Å²) in [7, 11) is -0.997. The number of nitrogens with one attached hydrogen (secondary N) is 2. The van der Waals surface area contributed by atoms with Gasteiger partial charge in [0, 0.05) is 43.9 Å². The molecule has 15 nitrogen and oxygen atoms in total. The lowest BCUT2D eigenvalue weighted by Crippen LogP contribution is -2.47. The quantitative estimate of drug-likeness (QED) is 0.144. The summed E-state index contributed by atoms with van der Waals surface area (Å²) in [5, 5.41) is 14.7. The highest BCUT2D eigenvalue weighted by Crippen LogP contribution is 2.35. The van der Waals surface area contributed by atoms with Crippen LogP contribution in [-0.4, -0.2) is 66.6 Å². The van der Waals surface area contributed by atoms with Crippen molar-refractivity contribution in [3.63, 3.8) is 0 Å². The lowest BCUT2D eigenvalue weighted by Gasteiger charge is -2.38. The smallest absolute Gasteiger partial charge is 0.332 e. The molecule has 3 aromatic heterocycles. The maximum absolute atomic E-state index is 13.8. The molecule has 16 heteroatoms. The topological polar surface area (TPSA) is 188 Å². The second-order valence-electron chi connectivity index (χ2n) is 11.5. The Morgan fingerprint density at radius 2 is 1.91 bits per heavy atom. The molecule has 1 aliphatic heterocycles. The second kappa shape index (κ2) is 13.0. The van der Waals surface area contributed by atoms with Crippen molar-refractivity contribution in [3.05, 3.63) is 81.3 Å². The summed E-state index contributed by atoms with van der Waals surface area (Å²) >= 11 is 0. The number of rotatable bonds is 10. The number of benzene rings is 1. The number of para-hydroxylation sites is 1. The number of methoxy groups -OCH3 is 1. The van der Waals surface area contributed by atoms with Gasteiger partial charge in [-0.15, -0.1) is 0 Å². The highest BCUT2D eigenvalue weighted by molar-refractivity contribution is 7.89. The Kier molecular flexibility index (Phi) is 8.79. The molecule has 0 spiro atoms. The van der Waals surface area contributed by atoms with Crippen molar-refractivity contribution in [2.24, 2.45) is 5.92 Å². The Morgan fingerprint density at radius 3 is 2.66 bits per heavy atom. The third-order valence-electron chi connectivity index (χ3n) is 8.78. The number of carbonyl (C=O) groups is 1. The molecule has 1 fully saturated rings. The number of anilines is 2. The number of nitrogens with zero attached hydrogens (tertiary/aromatic N) is 5. The molecule has 1 atom stereocenters. The molecule has 0 amide bonds. The number of pyridine rings is 3. The van der Waals surface area contributed by atoms with Crippen LogP contribution in [0.3, 0.4) is 0 Å². The van der Waals surface area contributed by atoms with Crippen LogP contribution in [0.4, 0.5) is 17.2 Å².